The van der Waals surface area contributed by atoms with E-state index in [0.29, 0.717) is 12.2 Å². The first kappa shape index (κ1) is 19.7. The Morgan fingerprint density at radius 2 is 1.93 bits per heavy atom. The summed E-state index contributed by atoms with van der Waals surface area (Å²) in [7, 11) is 0. The fourth-order valence-corrected chi connectivity index (χ4v) is 2.59. The summed E-state index contributed by atoms with van der Waals surface area (Å²) < 4.78 is 48.6. The van der Waals surface area contributed by atoms with Crippen LogP contribution >= 0.6 is 0 Å². The van der Waals surface area contributed by atoms with Gasteiger partial charge in [0.2, 0.25) is 11.7 Å². The van der Waals surface area contributed by atoms with Crippen molar-refractivity contribution in [3.8, 4) is 11.6 Å². The van der Waals surface area contributed by atoms with E-state index in [0.717, 1.165) is 24.3 Å². The van der Waals surface area contributed by atoms with Gasteiger partial charge in [-0.3, -0.25) is 4.79 Å². The predicted octanol–water partition coefficient (Wildman–Crippen LogP) is 4.87. The Kier molecular flexibility index (Phi) is 5.53. The predicted molar refractivity (Wildman–Crippen MR) is 93.1 cm³/mol. The van der Waals surface area contributed by atoms with Gasteiger partial charge in [0.25, 0.3) is 5.91 Å². The van der Waals surface area contributed by atoms with Gasteiger partial charge < -0.3 is 14.3 Å². The molecular weight excluding hydrogens is 375 g/mol. The standard InChI is InChI=1S/C19H18F3N3O3/c1-3-11(2)15(18-24-16(25-28-18)14-5-4-10-27-14)23-17(26)12-6-8-13(9-7-12)19(20,21)22/h4-11,15H,3H2,1-2H3,(H,23,26)/t11-,15+/m1/s1. The van der Waals surface area contributed by atoms with Gasteiger partial charge in [-0.2, -0.15) is 18.2 Å². The molecular formula is C19H18F3N3O3. The van der Waals surface area contributed by atoms with Gasteiger partial charge in [0, 0.05) is 5.56 Å². The van der Waals surface area contributed by atoms with Gasteiger partial charge in [0.05, 0.1) is 11.8 Å². The highest BCUT2D eigenvalue weighted by Crippen LogP contribution is 2.30. The normalized spacial score (nSPS) is 13.9. The van der Waals surface area contributed by atoms with E-state index < -0.39 is 23.7 Å². The number of halogens is 3. The van der Waals surface area contributed by atoms with Crippen molar-refractivity contribution >= 4 is 5.91 Å². The molecule has 0 bridgehead atoms. The van der Waals surface area contributed by atoms with Gasteiger partial charge in [-0.05, 0) is 42.3 Å². The first-order valence-corrected chi connectivity index (χ1v) is 8.65. The second-order valence-electron chi connectivity index (χ2n) is 6.35. The molecule has 0 radical (unpaired) electrons. The van der Waals surface area contributed by atoms with Crippen molar-refractivity contribution in [2.24, 2.45) is 5.92 Å². The quantitative estimate of drug-likeness (QED) is 0.646. The van der Waals surface area contributed by atoms with Gasteiger partial charge in [-0.1, -0.05) is 25.4 Å². The summed E-state index contributed by atoms with van der Waals surface area (Å²) in [6.07, 6.45) is -2.28. The fraction of sp³-hybridized carbons (Fsp3) is 0.316. The van der Waals surface area contributed by atoms with Crippen LogP contribution in [0, 0.1) is 5.92 Å². The van der Waals surface area contributed by atoms with Crippen LogP contribution in [0.25, 0.3) is 11.6 Å². The molecule has 3 rings (SSSR count). The van der Waals surface area contributed by atoms with Crippen LogP contribution in [0.4, 0.5) is 13.2 Å². The molecule has 9 heteroatoms. The van der Waals surface area contributed by atoms with E-state index in [-0.39, 0.29) is 23.2 Å². The van der Waals surface area contributed by atoms with Gasteiger partial charge >= 0.3 is 6.18 Å². The summed E-state index contributed by atoms with van der Waals surface area (Å²) in [4.78, 5) is 16.8. The smallest absolute Gasteiger partial charge is 0.416 e. The molecule has 0 spiro atoms. The van der Waals surface area contributed by atoms with E-state index in [1.807, 2.05) is 13.8 Å². The minimum atomic E-state index is -4.46. The number of amides is 1. The minimum Gasteiger partial charge on any atom is -0.461 e. The van der Waals surface area contributed by atoms with Gasteiger partial charge in [-0.25, -0.2) is 0 Å². The first-order valence-electron chi connectivity index (χ1n) is 8.65. The number of hydrogen-bond donors (Lipinski definition) is 1. The van der Waals surface area contributed by atoms with Crippen molar-refractivity contribution < 1.29 is 26.9 Å². The Labute approximate surface area is 158 Å². The van der Waals surface area contributed by atoms with Gasteiger partial charge in [0.1, 0.15) is 6.04 Å². The molecule has 3 aromatic rings. The molecule has 1 aromatic carbocycles. The van der Waals surface area contributed by atoms with E-state index in [1.54, 1.807) is 12.1 Å². The molecule has 0 aliphatic heterocycles. The minimum absolute atomic E-state index is 0.0525. The van der Waals surface area contributed by atoms with Gasteiger partial charge in [-0.15, -0.1) is 0 Å². The lowest BCUT2D eigenvalue weighted by Gasteiger charge is -2.20. The van der Waals surface area contributed by atoms with Crippen molar-refractivity contribution in [2.45, 2.75) is 32.5 Å². The van der Waals surface area contributed by atoms with E-state index in [4.69, 9.17) is 8.94 Å². The molecule has 1 N–H and O–H groups in total. The molecule has 6 nitrogen and oxygen atoms in total. The Hall–Kier alpha value is -3.10. The Balaban J connectivity index is 1.80. The maximum atomic E-state index is 12.7. The molecule has 0 aliphatic carbocycles. The lowest BCUT2D eigenvalue weighted by atomic mass is 9.98. The lowest BCUT2D eigenvalue weighted by Crippen LogP contribution is -2.32. The fourth-order valence-electron chi connectivity index (χ4n) is 2.59. The summed E-state index contributed by atoms with van der Waals surface area (Å²) in [5.74, 6) is 0.283. The zero-order chi connectivity index (χ0) is 20.3. The van der Waals surface area contributed by atoms with E-state index in [2.05, 4.69) is 15.5 Å². The number of carbonyl (C=O) groups excluding carboxylic acids is 1. The van der Waals surface area contributed by atoms with Gasteiger partial charge in [0.15, 0.2) is 5.76 Å². The third-order valence-corrected chi connectivity index (χ3v) is 4.42. The van der Waals surface area contributed by atoms with Crippen LogP contribution in [-0.4, -0.2) is 16.0 Å². The summed E-state index contributed by atoms with van der Waals surface area (Å²) in [6, 6.07) is 6.76. The molecule has 0 unspecified atom stereocenters. The molecule has 28 heavy (non-hydrogen) atoms. The molecule has 0 aliphatic rings. The van der Waals surface area contributed by atoms with Crippen LogP contribution in [0.3, 0.4) is 0 Å². The zero-order valence-corrected chi connectivity index (χ0v) is 15.2. The molecule has 0 fully saturated rings. The molecule has 2 aromatic heterocycles. The zero-order valence-electron chi connectivity index (χ0n) is 15.2. The number of carbonyl (C=O) groups is 1. The van der Waals surface area contributed by atoms with E-state index >= 15 is 0 Å². The average Bonchev–Trinajstić information content (AvgIpc) is 3.36. The Morgan fingerprint density at radius 3 is 2.50 bits per heavy atom. The van der Waals surface area contributed by atoms with Crippen LogP contribution in [-0.2, 0) is 6.18 Å². The third kappa shape index (κ3) is 4.24. The van der Waals surface area contributed by atoms with Crippen LogP contribution in [0.1, 0.15) is 48.1 Å². The maximum Gasteiger partial charge on any atom is 0.416 e. The van der Waals surface area contributed by atoms with Crippen molar-refractivity contribution in [3.05, 3.63) is 59.7 Å². The highest BCUT2D eigenvalue weighted by molar-refractivity contribution is 5.94. The molecule has 0 saturated heterocycles. The summed E-state index contributed by atoms with van der Waals surface area (Å²) >= 11 is 0. The number of rotatable bonds is 6. The molecule has 2 heterocycles. The first-order chi connectivity index (χ1) is 13.3. The highest BCUT2D eigenvalue weighted by atomic mass is 19.4. The summed E-state index contributed by atoms with van der Waals surface area (Å²) in [6.45, 7) is 3.83. The second kappa shape index (κ2) is 7.87. The van der Waals surface area contributed by atoms with Crippen molar-refractivity contribution in [1.82, 2.24) is 15.5 Å². The topological polar surface area (TPSA) is 81.2 Å². The number of alkyl halides is 3. The number of furan rings is 1. The van der Waals surface area contributed by atoms with E-state index in [9.17, 15) is 18.0 Å². The van der Waals surface area contributed by atoms with Crippen LogP contribution in [0.2, 0.25) is 0 Å². The largest absolute Gasteiger partial charge is 0.461 e. The number of hydrogen-bond acceptors (Lipinski definition) is 5. The summed E-state index contributed by atoms with van der Waals surface area (Å²) in [5, 5.41) is 6.63. The third-order valence-electron chi connectivity index (χ3n) is 4.42. The average molecular weight is 393 g/mol. The van der Waals surface area contributed by atoms with Crippen molar-refractivity contribution in [1.29, 1.82) is 0 Å². The monoisotopic (exact) mass is 393 g/mol. The maximum absolute atomic E-state index is 12.7. The van der Waals surface area contributed by atoms with E-state index in [1.165, 1.54) is 6.26 Å². The molecule has 2 atom stereocenters. The van der Waals surface area contributed by atoms with Crippen LogP contribution < -0.4 is 5.32 Å². The number of nitrogens with zero attached hydrogens (tertiary/aromatic N) is 2. The second-order valence-corrected chi connectivity index (χ2v) is 6.35. The highest BCUT2D eigenvalue weighted by Gasteiger charge is 2.31. The SMILES string of the molecule is CC[C@@H](C)[C@H](NC(=O)c1ccc(C(F)(F)F)cc1)c1nc(-c2ccco2)no1. The van der Waals surface area contributed by atoms with Crippen molar-refractivity contribution in [3.63, 3.8) is 0 Å². The van der Waals surface area contributed by atoms with Crippen LogP contribution in [0.15, 0.2) is 51.6 Å². The lowest BCUT2D eigenvalue weighted by molar-refractivity contribution is -0.137. The molecule has 1 amide bonds. The molecule has 148 valence electrons. The Bertz CT molecular complexity index is 918. The summed E-state index contributed by atoms with van der Waals surface area (Å²) in [5.41, 5.74) is -0.713. The van der Waals surface area contributed by atoms with Crippen molar-refractivity contribution in [2.75, 3.05) is 0 Å². The number of nitrogens with one attached hydrogen (secondary N) is 1. The Morgan fingerprint density at radius 1 is 1.21 bits per heavy atom. The number of aromatic nitrogens is 2. The van der Waals surface area contributed by atoms with Crippen LogP contribution in [0.5, 0.6) is 0 Å². The molecule has 0 saturated carbocycles. The number of benzene rings is 1.